The number of hydrogen-bond donors (Lipinski definition) is 3. The standard InChI is InChI=1S/C21H27N3O3/c1-22-21(24-15-9-11-19(26-2)20(12-15)27-3)23-13-17-16-7-5-4-6-14(16)8-10-18(17)25/h8-12,25H,4-7,13H2,1-3H3,(H2,22,23,24). The Hall–Kier alpha value is -2.89. The number of aryl methyl sites for hydroxylation is 1. The lowest BCUT2D eigenvalue weighted by atomic mass is 9.88. The number of rotatable bonds is 5. The number of hydrogen-bond acceptors (Lipinski definition) is 4. The van der Waals surface area contributed by atoms with Gasteiger partial charge in [0.15, 0.2) is 17.5 Å². The van der Waals surface area contributed by atoms with Gasteiger partial charge >= 0.3 is 0 Å². The van der Waals surface area contributed by atoms with Crippen LogP contribution in [0.15, 0.2) is 35.3 Å². The molecule has 3 N–H and O–H groups in total. The van der Waals surface area contributed by atoms with Crippen LogP contribution in [0.25, 0.3) is 0 Å². The molecule has 144 valence electrons. The van der Waals surface area contributed by atoms with E-state index in [0.29, 0.717) is 29.8 Å². The van der Waals surface area contributed by atoms with Gasteiger partial charge in [0, 0.05) is 30.9 Å². The summed E-state index contributed by atoms with van der Waals surface area (Å²) in [6.45, 7) is 0.516. The zero-order valence-corrected chi connectivity index (χ0v) is 16.1. The van der Waals surface area contributed by atoms with Crippen molar-refractivity contribution in [1.82, 2.24) is 5.32 Å². The topological polar surface area (TPSA) is 75.1 Å². The fourth-order valence-electron chi connectivity index (χ4n) is 3.49. The lowest BCUT2D eigenvalue weighted by molar-refractivity contribution is 0.355. The maximum absolute atomic E-state index is 10.3. The quantitative estimate of drug-likeness (QED) is 0.556. The van der Waals surface area contributed by atoms with Crippen LogP contribution in [-0.4, -0.2) is 32.3 Å². The highest BCUT2D eigenvalue weighted by molar-refractivity contribution is 5.93. The van der Waals surface area contributed by atoms with E-state index in [1.165, 1.54) is 24.0 Å². The molecule has 0 saturated carbocycles. The number of phenols is 1. The van der Waals surface area contributed by atoms with Crippen molar-refractivity contribution in [1.29, 1.82) is 0 Å². The third kappa shape index (κ3) is 4.27. The van der Waals surface area contributed by atoms with Gasteiger partial charge in [-0.25, -0.2) is 0 Å². The van der Waals surface area contributed by atoms with Crippen LogP contribution in [-0.2, 0) is 19.4 Å². The normalized spacial score (nSPS) is 13.7. The molecule has 1 aliphatic rings. The van der Waals surface area contributed by atoms with Gasteiger partial charge in [-0.3, -0.25) is 4.99 Å². The Morgan fingerprint density at radius 1 is 1.07 bits per heavy atom. The van der Waals surface area contributed by atoms with E-state index in [1.807, 2.05) is 24.3 Å². The highest BCUT2D eigenvalue weighted by Gasteiger charge is 2.16. The van der Waals surface area contributed by atoms with E-state index in [9.17, 15) is 5.11 Å². The molecule has 0 fully saturated rings. The number of guanidine groups is 1. The molecular weight excluding hydrogens is 342 g/mol. The first-order valence-electron chi connectivity index (χ1n) is 9.18. The first-order valence-corrected chi connectivity index (χ1v) is 9.18. The Morgan fingerprint density at radius 3 is 2.59 bits per heavy atom. The largest absolute Gasteiger partial charge is 0.508 e. The van der Waals surface area contributed by atoms with E-state index in [-0.39, 0.29) is 0 Å². The van der Waals surface area contributed by atoms with Crippen molar-refractivity contribution in [3.63, 3.8) is 0 Å². The predicted molar refractivity (Wildman–Crippen MR) is 108 cm³/mol. The summed E-state index contributed by atoms with van der Waals surface area (Å²) in [6, 6.07) is 9.44. The highest BCUT2D eigenvalue weighted by atomic mass is 16.5. The third-order valence-corrected chi connectivity index (χ3v) is 4.93. The summed E-state index contributed by atoms with van der Waals surface area (Å²) in [6.07, 6.45) is 4.49. The Morgan fingerprint density at radius 2 is 1.85 bits per heavy atom. The van der Waals surface area contributed by atoms with Gasteiger partial charge in [-0.2, -0.15) is 0 Å². The number of anilines is 1. The van der Waals surface area contributed by atoms with E-state index < -0.39 is 0 Å². The molecule has 0 aliphatic heterocycles. The molecule has 0 heterocycles. The molecule has 1 aliphatic carbocycles. The lowest BCUT2D eigenvalue weighted by Gasteiger charge is -2.21. The molecule has 0 amide bonds. The minimum atomic E-state index is 0.338. The Bertz CT molecular complexity index is 834. The second-order valence-electron chi connectivity index (χ2n) is 6.53. The summed E-state index contributed by atoms with van der Waals surface area (Å²) in [5.41, 5.74) is 4.41. The first-order chi connectivity index (χ1) is 13.2. The van der Waals surface area contributed by atoms with Gasteiger partial charge in [0.1, 0.15) is 5.75 Å². The third-order valence-electron chi connectivity index (χ3n) is 4.93. The van der Waals surface area contributed by atoms with Crippen molar-refractivity contribution in [3.8, 4) is 17.2 Å². The maximum atomic E-state index is 10.3. The number of nitrogens with one attached hydrogen (secondary N) is 2. The number of aromatic hydroxyl groups is 1. The lowest BCUT2D eigenvalue weighted by Crippen LogP contribution is -2.30. The SMILES string of the molecule is CN=C(NCc1c(O)ccc2c1CCCC2)Nc1ccc(OC)c(OC)c1. The molecule has 0 bridgehead atoms. The van der Waals surface area contributed by atoms with E-state index in [2.05, 4.69) is 15.6 Å². The van der Waals surface area contributed by atoms with Crippen LogP contribution in [0.2, 0.25) is 0 Å². The van der Waals surface area contributed by atoms with Crippen LogP contribution in [0, 0.1) is 0 Å². The number of ether oxygens (including phenoxy) is 2. The molecule has 0 unspecified atom stereocenters. The summed E-state index contributed by atoms with van der Waals surface area (Å²) < 4.78 is 10.6. The van der Waals surface area contributed by atoms with Gasteiger partial charge in [0.05, 0.1) is 14.2 Å². The van der Waals surface area contributed by atoms with E-state index >= 15 is 0 Å². The van der Waals surface area contributed by atoms with Crippen molar-refractivity contribution in [2.45, 2.75) is 32.2 Å². The monoisotopic (exact) mass is 369 g/mol. The summed E-state index contributed by atoms with van der Waals surface area (Å²) in [5.74, 6) is 2.28. The Kier molecular flexibility index (Phi) is 6.06. The van der Waals surface area contributed by atoms with Crippen LogP contribution in [0.5, 0.6) is 17.2 Å². The molecule has 0 atom stereocenters. The van der Waals surface area contributed by atoms with Crippen LogP contribution >= 0.6 is 0 Å². The van der Waals surface area contributed by atoms with E-state index in [1.54, 1.807) is 27.3 Å². The smallest absolute Gasteiger partial charge is 0.195 e. The van der Waals surface area contributed by atoms with Crippen molar-refractivity contribution < 1.29 is 14.6 Å². The molecule has 0 spiro atoms. The number of fused-ring (bicyclic) bond motifs is 1. The average Bonchev–Trinajstić information content (AvgIpc) is 2.71. The molecule has 0 aromatic heterocycles. The molecule has 0 saturated heterocycles. The molecule has 2 aromatic rings. The van der Waals surface area contributed by atoms with Gasteiger partial charge in [-0.05, 0) is 55.0 Å². The zero-order valence-electron chi connectivity index (χ0n) is 16.1. The second-order valence-corrected chi connectivity index (χ2v) is 6.53. The van der Waals surface area contributed by atoms with Gasteiger partial charge in [0.25, 0.3) is 0 Å². The van der Waals surface area contributed by atoms with Gasteiger partial charge in [-0.15, -0.1) is 0 Å². The molecule has 0 radical (unpaired) electrons. The summed E-state index contributed by atoms with van der Waals surface area (Å²) in [7, 11) is 4.94. The average molecular weight is 369 g/mol. The summed E-state index contributed by atoms with van der Waals surface area (Å²) >= 11 is 0. The number of methoxy groups -OCH3 is 2. The van der Waals surface area contributed by atoms with Crippen molar-refractivity contribution in [2.75, 3.05) is 26.6 Å². The van der Waals surface area contributed by atoms with Gasteiger partial charge < -0.3 is 25.2 Å². The van der Waals surface area contributed by atoms with Crippen LogP contribution in [0.1, 0.15) is 29.5 Å². The van der Waals surface area contributed by atoms with Crippen LogP contribution in [0.4, 0.5) is 5.69 Å². The van der Waals surface area contributed by atoms with Gasteiger partial charge in [0.2, 0.25) is 0 Å². The fraction of sp³-hybridized carbons (Fsp3) is 0.381. The van der Waals surface area contributed by atoms with E-state index in [4.69, 9.17) is 9.47 Å². The molecule has 2 aromatic carbocycles. The minimum absolute atomic E-state index is 0.338. The number of aliphatic imine (C=N–C) groups is 1. The molecule has 6 nitrogen and oxygen atoms in total. The second kappa shape index (κ2) is 8.66. The zero-order chi connectivity index (χ0) is 19.2. The van der Waals surface area contributed by atoms with Crippen LogP contribution in [0.3, 0.4) is 0 Å². The Labute approximate surface area is 160 Å². The van der Waals surface area contributed by atoms with Crippen molar-refractivity contribution in [2.24, 2.45) is 4.99 Å². The van der Waals surface area contributed by atoms with Crippen molar-refractivity contribution in [3.05, 3.63) is 47.0 Å². The fourth-order valence-corrected chi connectivity index (χ4v) is 3.49. The number of benzene rings is 2. The van der Waals surface area contributed by atoms with Crippen molar-refractivity contribution >= 4 is 11.6 Å². The molecule has 3 rings (SSSR count). The summed E-state index contributed by atoms with van der Waals surface area (Å²) in [4.78, 5) is 4.28. The maximum Gasteiger partial charge on any atom is 0.195 e. The minimum Gasteiger partial charge on any atom is -0.508 e. The molecule has 27 heavy (non-hydrogen) atoms. The van der Waals surface area contributed by atoms with Gasteiger partial charge in [-0.1, -0.05) is 6.07 Å². The van der Waals surface area contributed by atoms with Crippen LogP contribution < -0.4 is 20.1 Å². The number of phenolic OH excluding ortho intramolecular Hbond substituents is 1. The Balaban J connectivity index is 1.72. The van der Waals surface area contributed by atoms with E-state index in [0.717, 1.165) is 24.1 Å². The molecular formula is C21H27N3O3. The molecule has 6 heteroatoms. The predicted octanol–water partition coefficient (Wildman–Crippen LogP) is 3.48. The first kappa shape index (κ1) is 18.9. The number of nitrogens with zero attached hydrogens (tertiary/aromatic N) is 1. The summed E-state index contributed by atoms with van der Waals surface area (Å²) in [5, 5.41) is 16.9. The highest BCUT2D eigenvalue weighted by Crippen LogP contribution is 2.31.